The summed E-state index contributed by atoms with van der Waals surface area (Å²) in [7, 11) is 0. The van der Waals surface area contributed by atoms with E-state index in [9.17, 15) is 9.50 Å². The molecule has 1 N–H and O–H groups in total. The Morgan fingerprint density at radius 1 is 1.00 bits per heavy atom. The van der Waals surface area contributed by atoms with Crippen molar-refractivity contribution in [3.63, 3.8) is 0 Å². The summed E-state index contributed by atoms with van der Waals surface area (Å²) in [4.78, 5) is 0. The van der Waals surface area contributed by atoms with Crippen LogP contribution in [0, 0.1) is 5.82 Å². The first-order valence-electron chi connectivity index (χ1n) is 5.08. The molecule has 0 atom stereocenters. The number of hydrogen-bond acceptors (Lipinski definition) is 1. The summed E-state index contributed by atoms with van der Waals surface area (Å²) in [5, 5.41) is 10.0. The fourth-order valence-electron chi connectivity index (χ4n) is 1.45. The maximum Gasteiger partial charge on any atom is 0.130 e. The second-order valence-corrected chi connectivity index (χ2v) is 3.99. The molecule has 0 aliphatic rings. The van der Waals surface area contributed by atoms with Gasteiger partial charge < -0.3 is 5.11 Å². The zero-order chi connectivity index (χ0) is 12.3. The number of phenols is 1. The highest BCUT2D eigenvalue weighted by Gasteiger charge is 2.00. The number of hydrogen-bond donors (Lipinski definition) is 1. The van der Waals surface area contributed by atoms with Crippen LogP contribution in [-0.2, 0) is 0 Å². The van der Waals surface area contributed by atoms with Crippen LogP contribution in [0.15, 0.2) is 42.5 Å². The molecule has 2 aromatic carbocycles. The van der Waals surface area contributed by atoms with Crippen molar-refractivity contribution in [2.75, 3.05) is 0 Å². The number of phenolic OH excluding ortho intramolecular Hbond substituents is 1. The lowest BCUT2D eigenvalue weighted by Crippen LogP contribution is -1.81. The molecule has 0 amide bonds. The largest absolute Gasteiger partial charge is 0.507 e. The Kier molecular flexibility index (Phi) is 3.45. The quantitative estimate of drug-likeness (QED) is 0.783. The molecule has 0 aromatic heterocycles. The van der Waals surface area contributed by atoms with E-state index in [2.05, 4.69) is 0 Å². The Balaban J connectivity index is 2.32. The molecular weight excluding hydrogens is 239 g/mol. The van der Waals surface area contributed by atoms with E-state index in [4.69, 9.17) is 11.6 Å². The summed E-state index contributed by atoms with van der Waals surface area (Å²) in [6.07, 6.45) is 3.22. The van der Waals surface area contributed by atoms with Gasteiger partial charge in [-0.3, -0.25) is 0 Å². The molecule has 3 heteroatoms. The summed E-state index contributed by atoms with van der Waals surface area (Å²) in [5.41, 5.74) is 1.02. The van der Waals surface area contributed by atoms with E-state index in [1.54, 1.807) is 36.4 Å². The summed E-state index contributed by atoms with van der Waals surface area (Å²) in [6.45, 7) is 0. The van der Waals surface area contributed by atoms with E-state index in [1.807, 2.05) is 0 Å². The monoisotopic (exact) mass is 248 g/mol. The Hall–Kier alpha value is -1.80. The van der Waals surface area contributed by atoms with Gasteiger partial charge in [0.15, 0.2) is 0 Å². The topological polar surface area (TPSA) is 20.2 Å². The first kappa shape index (κ1) is 11.7. The van der Waals surface area contributed by atoms with Crippen LogP contribution < -0.4 is 0 Å². The van der Waals surface area contributed by atoms with Crippen molar-refractivity contribution in [2.24, 2.45) is 0 Å². The molecule has 1 nitrogen and oxygen atoms in total. The standard InChI is InChI=1S/C14H10ClFO/c15-12-7-8-13(16)11(9-12)6-5-10-3-1-2-4-14(10)17/h1-9,17H. The summed E-state index contributed by atoms with van der Waals surface area (Å²) in [6, 6.07) is 11.2. The molecule has 0 radical (unpaired) electrons. The van der Waals surface area contributed by atoms with Gasteiger partial charge in [-0.25, -0.2) is 4.39 Å². The Bertz CT molecular complexity index is 564. The van der Waals surface area contributed by atoms with Crippen LogP contribution in [0.5, 0.6) is 5.75 Å². The average Bonchev–Trinajstić information content (AvgIpc) is 2.32. The normalized spacial score (nSPS) is 10.9. The van der Waals surface area contributed by atoms with E-state index in [1.165, 1.54) is 18.2 Å². The molecule has 0 fully saturated rings. The molecule has 0 heterocycles. The van der Waals surface area contributed by atoms with Crippen LogP contribution in [-0.4, -0.2) is 5.11 Å². The van der Waals surface area contributed by atoms with Crippen molar-refractivity contribution in [1.29, 1.82) is 0 Å². The molecule has 0 spiro atoms. The minimum atomic E-state index is -0.346. The number of rotatable bonds is 2. The highest BCUT2D eigenvalue weighted by molar-refractivity contribution is 6.30. The Labute approximate surface area is 104 Å². The van der Waals surface area contributed by atoms with Crippen molar-refractivity contribution in [1.82, 2.24) is 0 Å². The molecule has 86 valence electrons. The van der Waals surface area contributed by atoms with E-state index in [0.29, 0.717) is 16.1 Å². The van der Waals surface area contributed by atoms with Gasteiger partial charge in [0, 0.05) is 16.1 Å². The van der Waals surface area contributed by atoms with Crippen molar-refractivity contribution >= 4 is 23.8 Å². The van der Waals surface area contributed by atoms with Gasteiger partial charge in [0.1, 0.15) is 11.6 Å². The van der Waals surface area contributed by atoms with Gasteiger partial charge in [-0.05, 0) is 24.3 Å². The predicted octanol–water partition coefficient (Wildman–Crippen LogP) is 4.36. The maximum absolute atomic E-state index is 13.4. The van der Waals surface area contributed by atoms with Crippen LogP contribution in [0.4, 0.5) is 4.39 Å². The van der Waals surface area contributed by atoms with E-state index in [-0.39, 0.29) is 11.6 Å². The van der Waals surface area contributed by atoms with Crippen molar-refractivity contribution in [2.45, 2.75) is 0 Å². The fraction of sp³-hybridized carbons (Fsp3) is 0. The molecule has 2 rings (SSSR count). The zero-order valence-corrected chi connectivity index (χ0v) is 9.66. The summed E-state index contributed by atoms with van der Waals surface area (Å²) >= 11 is 5.78. The third-order valence-electron chi connectivity index (χ3n) is 2.34. The van der Waals surface area contributed by atoms with Gasteiger partial charge in [0.05, 0.1) is 0 Å². The molecule has 2 aromatic rings. The highest BCUT2D eigenvalue weighted by atomic mass is 35.5. The number of benzene rings is 2. The fourth-order valence-corrected chi connectivity index (χ4v) is 1.63. The molecule has 0 saturated carbocycles. The number of halogens is 2. The van der Waals surface area contributed by atoms with Gasteiger partial charge in [0.2, 0.25) is 0 Å². The van der Waals surface area contributed by atoms with Gasteiger partial charge in [-0.1, -0.05) is 42.0 Å². The van der Waals surface area contributed by atoms with Gasteiger partial charge in [0.25, 0.3) is 0 Å². The van der Waals surface area contributed by atoms with Crippen LogP contribution >= 0.6 is 11.6 Å². The van der Waals surface area contributed by atoms with Crippen LogP contribution in [0.3, 0.4) is 0 Å². The summed E-state index contributed by atoms with van der Waals surface area (Å²) in [5.74, 6) is -0.188. The van der Waals surface area contributed by atoms with Crippen LogP contribution in [0.25, 0.3) is 12.2 Å². The SMILES string of the molecule is Oc1ccccc1C=Cc1cc(Cl)ccc1F. The summed E-state index contributed by atoms with van der Waals surface area (Å²) < 4.78 is 13.4. The van der Waals surface area contributed by atoms with Gasteiger partial charge in [-0.2, -0.15) is 0 Å². The lowest BCUT2D eigenvalue weighted by Gasteiger charge is -1.99. The van der Waals surface area contributed by atoms with E-state index in [0.717, 1.165) is 0 Å². The Morgan fingerprint density at radius 2 is 1.71 bits per heavy atom. The average molecular weight is 249 g/mol. The predicted molar refractivity (Wildman–Crippen MR) is 68.4 cm³/mol. The smallest absolute Gasteiger partial charge is 0.130 e. The lowest BCUT2D eigenvalue weighted by atomic mass is 10.1. The number of para-hydroxylation sites is 1. The molecule has 17 heavy (non-hydrogen) atoms. The molecule has 0 saturated heterocycles. The first-order valence-corrected chi connectivity index (χ1v) is 5.46. The maximum atomic E-state index is 13.4. The second-order valence-electron chi connectivity index (χ2n) is 3.56. The third kappa shape index (κ3) is 2.86. The second kappa shape index (κ2) is 5.02. The van der Waals surface area contributed by atoms with Gasteiger partial charge >= 0.3 is 0 Å². The van der Waals surface area contributed by atoms with Crippen molar-refractivity contribution in [3.05, 3.63) is 64.4 Å². The molecular formula is C14H10ClFO. The third-order valence-corrected chi connectivity index (χ3v) is 2.57. The van der Waals surface area contributed by atoms with E-state index >= 15 is 0 Å². The minimum absolute atomic E-state index is 0.159. The van der Waals surface area contributed by atoms with Crippen molar-refractivity contribution in [3.8, 4) is 5.75 Å². The zero-order valence-electron chi connectivity index (χ0n) is 8.90. The molecule has 0 unspecified atom stereocenters. The van der Waals surface area contributed by atoms with Crippen LogP contribution in [0.1, 0.15) is 11.1 Å². The molecule has 0 aliphatic heterocycles. The first-order chi connectivity index (χ1) is 8.16. The number of aromatic hydroxyl groups is 1. The molecule has 0 bridgehead atoms. The van der Waals surface area contributed by atoms with Crippen molar-refractivity contribution < 1.29 is 9.50 Å². The lowest BCUT2D eigenvalue weighted by molar-refractivity contribution is 0.474. The highest BCUT2D eigenvalue weighted by Crippen LogP contribution is 2.21. The van der Waals surface area contributed by atoms with Gasteiger partial charge in [-0.15, -0.1) is 0 Å². The Morgan fingerprint density at radius 3 is 2.47 bits per heavy atom. The van der Waals surface area contributed by atoms with E-state index < -0.39 is 0 Å². The molecule has 0 aliphatic carbocycles. The minimum Gasteiger partial charge on any atom is -0.507 e. The van der Waals surface area contributed by atoms with Crippen LogP contribution in [0.2, 0.25) is 5.02 Å².